The van der Waals surface area contributed by atoms with Crippen LogP contribution in [0.3, 0.4) is 0 Å². The van der Waals surface area contributed by atoms with Gasteiger partial charge in [-0.15, -0.1) is 11.3 Å². The van der Waals surface area contributed by atoms with Crippen LogP contribution < -0.4 is 0 Å². The van der Waals surface area contributed by atoms with E-state index in [1.807, 2.05) is 12.1 Å². The second-order valence-corrected chi connectivity index (χ2v) is 5.28. The Morgan fingerprint density at radius 3 is 2.88 bits per heavy atom. The Bertz CT molecular complexity index is 365. The molecule has 0 amide bonds. The van der Waals surface area contributed by atoms with Gasteiger partial charge in [-0.25, -0.2) is 0 Å². The summed E-state index contributed by atoms with van der Waals surface area (Å²) in [7, 11) is 0. The lowest BCUT2D eigenvalue weighted by atomic mass is 10.4. The fourth-order valence-electron chi connectivity index (χ4n) is 0.998. The summed E-state index contributed by atoms with van der Waals surface area (Å²) < 4.78 is 0. The van der Waals surface area contributed by atoms with Gasteiger partial charge >= 0.3 is 0 Å². The molecule has 88 valence electrons. The second kappa shape index (κ2) is 7.71. The minimum Gasteiger partial charge on any atom is -0.394 e. The number of rotatable bonds is 5. The smallest absolute Gasteiger partial charge is 0.104 e. The average molecular weight is 258 g/mol. The fraction of sp³-hybridized carbons (Fsp3) is 0.455. The molecule has 0 aliphatic rings. The molecule has 0 aliphatic carbocycles. The molecular weight excluding hydrogens is 244 g/mol. The Balaban J connectivity index is 2.35. The molecule has 16 heavy (non-hydrogen) atoms. The van der Waals surface area contributed by atoms with Crippen LogP contribution in [-0.2, 0) is 5.75 Å². The van der Waals surface area contributed by atoms with Gasteiger partial charge in [-0.05, 0) is 12.1 Å². The third-order valence-corrected chi connectivity index (χ3v) is 4.04. The Morgan fingerprint density at radius 1 is 1.38 bits per heavy atom. The highest BCUT2D eigenvalue weighted by molar-refractivity contribution is 7.98. The quantitative estimate of drug-likeness (QED) is 0.680. The molecule has 3 nitrogen and oxygen atoms in total. The van der Waals surface area contributed by atoms with E-state index in [0.717, 1.165) is 10.6 Å². The molecule has 0 spiro atoms. The molecule has 1 unspecified atom stereocenters. The van der Waals surface area contributed by atoms with E-state index in [1.54, 1.807) is 23.1 Å². The third-order valence-electron chi connectivity index (χ3n) is 1.72. The van der Waals surface area contributed by atoms with E-state index < -0.39 is 6.10 Å². The lowest BCUT2D eigenvalue weighted by Gasteiger charge is -2.04. The lowest BCUT2D eigenvalue weighted by molar-refractivity contribution is 0.113. The standard InChI is InChI=1S/C11H14O3S2/c12-5-1-2-10-3-4-11(16-10)8-15-7-9(14)6-13/h3-4,9,12-14H,5-8H2. The maximum Gasteiger partial charge on any atom is 0.104 e. The van der Waals surface area contributed by atoms with E-state index in [4.69, 9.17) is 15.3 Å². The maximum atomic E-state index is 9.14. The van der Waals surface area contributed by atoms with Crippen molar-refractivity contribution in [2.75, 3.05) is 19.0 Å². The molecular formula is C11H14O3S2. The maximum absolute atomic E-state index is 9.14. The summed E-state index contributed by atoms with van der Waals surface area (Å²) in [5.74, 6) is 6.78. The van der Waals surface area contributed by atoms with Crippen LogP contribution in [0.2, 0.25) is 0 Å². The Labute approximate surface area is 103 Å². The molecule has 3 N–H and O–H groups in total. The highest BCUT2D eigenvalue weighted by atomic mass is 32.2. The molecule has 1 aromatic rings. The molecule has 5 heteroatoms. The van der Waals surface area contributed by atoms with Crippen molar-refractivity contribution in [3.05, 3.63) is 21.9 Å². The zero-order valence-electron chi connectivity index (χ0n) is 8.72. The summed E-state index contributed by atoms with van der Waals surface area (Å²) in [6, 6.07) is 3.91. The molecule has 1 atom stereocenters. The van der Waals surface area contributed by atoms with Crippen LogP contribution in [0, 0.1) is 11.8 Å². The van der Waals surface area contributed by atoms with Gasteiger partial charge < -0.3 is 15.3 Å². The Kier molecular flexibility index (Phi) is 6.53. The predicted octanol–water partition coefficient (Wildman–Crippen LogP) is 0.678. The first-order valence-corrected chi connectivity index (χ1v) is 6.78. The van der Waals surface area contributed by atoms with Crippen LogP contribution in [0.1, 0.15) is 9.75 Å². The van der Waals surface area contributed by atoms with Gasteiger partial charge in [0.2, 0.25) is 0 Å². The number of hydrogen-bond acceptors (Lipinski definition) is 5. The number of aliphatic hydroxyl groups excluding tert-OH is 3. The first kappa shape index (κ1) is 13.6. The zero-order valence-corrected chi connectivity index (χ0v) is 10.4. The van der Waals surface area contributed by atoms with Crippen LogP contribution in [0.25, 0.3) is 0 Å². The van der Waals surface area contributed by atoms with Crippen LogP contribution >= 0.6 is 23.1 Å². The molecule has 0 bridgehead atoms. The largest absolute Gasteiger partial charge is 0.394 e. The number of hydrogen-bond donors (Lipinski definition) is 3. The Morgan fingerprint density at radius 2 is 2.19 bits per heavy atom. The number of thiophene rings is 1. The van der Waals surface area contributed by atoms with Gasteiger partial charge in [0, 0.05) is 16.4 Å². The van der Waals surface area contributed by atoms with Gasteiger partial charge in [-0.1, -0.05) is 11.8 Å². The minimum absolute atomic E-state index is 0.120. The lowest BCUT2D eigenvalue weighted by Crippen LogP contribution is -2.14. The van der Waals surface area contributed by atoms with Crippen molar-refractivity contribution in [1.82, 2.24) is 0 Å². The van der Waals surface area contributed by atoms with Crippen molar-refractivity contribution in [3.63, 3.8) is 0 Å². The highest BCUT2D eigenvalue weighted by Crippen LogP contribution is 2.21. The monoisotopic (exact) mass is 258 g/mol. The molecule has 0 aromatic carbocycles. The summed E-state index contributed by atoms with van der Waals surface area (Å²) in [4.78, 5) is 2.12. The topological polar surface area (TPSA) is 60.7 Å². The third kappa shape index (κ3) is 5.01. The summed E-state index contributed by atoms with van der Waals surface area (Å²) in [6.07, 6.45) is -0.640. The van der Waals surface area contributed by atoms with E-state index in [1.165, 1.54) is 4.88 Å². The molecule has 0 saturated heterocycles. The normalized spacial score (nSPS) is 11.9. The number of thioether (sulfide) groups is 1. The van der Waals surface area contributed by atoms with Gasteiger partial charge in [0.25, 0.3) is 0 Å². The molecule has 1 aromatic heterocycles. The molecule has 1 rings (SSSR count). The van der Waals surface area contributed by atoms with Crippen molar-refractivity contribution in [2.45, 2.75) is 11.9 Å². The van der Waals surface area contributed by atoms with Gasteiger partial charge in [0.15, 0.2) is 0 Å². The first-order valence-electron chi connectivity index (χ1n) is 4.81. The van der Waals surface area contributed by atoms with E-state index in [0.29, 0.717) is 5.75 Å². The molecule has 0 fully saturated rings. The molecule has 1 heterocycles. The van der Waals surface area contributed by atoms with Crippen LogP contribution in [0.4, 0.5) is 0 Å². The average Bonchev–Trinajstić information content (AvgIpc) is 2.74. The van der Waals surface area contributed by atoms with Gasteiger partial charge in [-0.3, -0.25) is 0 Å². The first-order chi connectivity index (χ1) is 7.76. The predicted molar refractivity (Wildman–Crippen MR) is 67.5 cm³/mol. The van der Waals surface area contributed by atoms with Gasteiger partial charge in [-0.2, -0.15) is 11.8 Å². The second-order valence-electron chi connectivity index (χ2n) is 3.08. The van der Waals surface area contributed by atoms with E-state index in [2.05, 4.69) is 11.8 Å². The highest BCUT2D eigenvalue weighted by Gasteiger charge is 2.03. The Hall–Kier alpha value is -0.510. The van der Waals surface area contributed by atoms with Crippen molar-refractivity contribution in [2.24, 2.45) is 0 Å². The van der Waals surface area contributed by atoms with Gasteiger partial charge in [0.1, 0.15) is 6.61 Å². The van der Waals surface area contributed by atoms with Crippen LogP contribution in [0.15, 0.2) is 12.1 Å². The summed E-state index contributed by atoms with van der Waals surface area (Å²) in [5.41, 5.74) is 0. The van der Waals surface area contributed by atoms with Crippen LogP contribution in [-0.4, -0.2) is 40.4 Å². The van der Waals surface area contributed by atoms with E-state index in [-0.39, 0.29) is 13.2 Å². The summed E-state index contributed by atoms with van der Waals surface area (Å²) in [5, 5.41) is 26.3. The fourth-order valence-corrected chi connectivity index (χ4v) is 2.95. The zero-order chi connectivity index (χ0) is 11.8. The summed E-state index contributed by atoms with van der Waals surface area (Å²) >= 11 is 3.16. The van der Waals surface area contributed by atoms with E-state index in [9.17, 15) is 0 Å². The van der Waals surface area contributed by atoms with Crippen LogP contribution in [0.5, 0.6) is 0 Å². The van der Waals surface area contributed by atoms with Crippen molar-refractivity contribution in [1.29, 1.82) is 0 Å². The van der Waals surface area contributed by atoms with Crippen molar-refractivity contribution < 1.29 is 15.3 Å². The minimum atomic E-state index is -0.640. The van der Waals surface area contributed by atoms with Crippen molar-refractivity contribution >= 4 is 23.1 Å². The molecule has 0 radical (unpaired) electrons. The SMILES string of the molecule is OCC#Cc1ccc(CSCC(O)CO)s1. The summed E-state index contributed by atoms with van der Waals surface area (Å²) in [6.45, 7) is -0.310. The van der Waals surface area contributed by atoms with Gasteiger partial charge in [0.05, 0.1) is 17.6 Å². The molecule has 0 saturated carbocycles. The van der Waals surface area contributed by atoms with Crippen molar-refractivity contribution in [3.8, 4) is 11.8 Å². The number of aliphatic hydroxyl groups is 3. The van der Waals surface area contributed by atoms with E-state index >= 15 is 0 Å². The molecule has 0 aliphatic heterocycles.